The molecule has 1 aliphatic rings. The number of ether oxygens (including phenoxy) is 1. The van der Waals surface area contributed by atoms with Crippen LogP contribution in [0.2, 0.25) is 5.02 Å². The third kappa shape index (κ3) is 4.12. The molecule has 2 atom stereocenters. The van der Waals surface area contributed by atoms with Crippen LogP contribution in [0.5, 0.6) is 5.75 Å². The van der Waals surface area contributed by atoms with Crippen LogP contribution in [0.15, 0.2) is 18.2 Å². The number of halogens is 1. The molecule has 1 aromatic rings. The van der Waals surface area contributed by atoms with Gasteiger partial charge in [0.2, 0.25) is 0 Å². The maximum atomic E-state index is 6.10. The Labute approximate surface area is 121 Å². The topological polar surface area (TPSA) is 21.3 Å². The van der Waals surface area contributed by atoms with Crippen molar-refractivity contribution in [3.63, 3.8) is 0 Å². The first kappa shape index (κ1) is 14.7. The lowest BCUT2D eigenvalue weighted by molar-refractivity contribution is 0.216. The number of piperidine rings is 1. The molecule has 1 heterocycles. The summed E-state index contributed by atoms with van der Waals surface area (Å²) in [5.74, 6) is 2.12. The summed E-state index contributed by atoms with van der Waals surface area (Å²) in [5.41, 5.74) is 1.23. The molecule has 0 amide bonds. The smallest absolute Gasteiger partial charge is 0.122 e. The summed E-state index contributed by atoms with van der Waals surface area (Å²) in [5, 5.41) is 4.22. The molecule has 1 aliphatic heterocycles. The lowest BCUT2D eigenvalue weighted by atomic mass is 9.97. The molecule has 2 rings (SSSR count). The summed E-state index contributed by atoms with van der Waals surface area (Å²) in [4.78, 5) is 0. The Kier molecular flexibility index (Phi) is 5.53. The summed E-state index contributed by atoms with van der Waals surface area (Å²) >= 11 is 6.10. The van der Waals surface area contributed by atoms with Crippen LogP contribution in [0, 0.1) is 5.92 Å². The van der Waals surface area contributed by atoms with Gasteiger partial charge >= 0.3 is 0 Å². The van der Waals surface area contributed by atoms with Gasteiger partial charge in [0.1, 0.15) is 5.75 Å². The summed E-state index contributed by atoms with van der Waals surface area (Å²) in [6, 6.07) is 5.98. The van der Waals surface area contributed by atoms with Gasteiger partial charge in [0.25, 0.3) is 0 Å². The second-order valence-corrected chi connectivity index (χ2v) is 5.95. The lowest BCUT2D eigenvalue weighted by Crippen LogP contribution is -2.33. The van der Waals surface area contributed by atoms with Crippen LogP contribution < -0.4 is 10.1 Å². The Bertz CT molecular complexity index is 402. The fourth-order valence-electron chi connectivity index (χ4n) is 2.53. The number of nitrogens with one attached hydrogen (secondary N) is 1. The van der Waals surface area contributed by atoms with Crippen molar-refractivity contribution in [2.75, 3.05) is 19.7 Å². The zero-order chi connectivity index (χ0) is 13.7. The third-order valence-electron chi connectivity index (χ3n) is 3.99. The predicted molar refractivity (Wildman–Crippen MR) is 81.2 cm³/mol. The maximum Gasteiger partial charge on any atom is 0.122 e. The second-order valence-electron chi connectivity index (χ2n) is 5.51. The van der Waals surface area contributed by atoms with Crippen molar-refractivity contribution in [3.8, 4) is 5.75 Å². The summed E-state index contributed by atoms with van der Waals surface area (Å²) in [6.07, 6.45) is 3.62. The molecule has 0 saturated carbocycles. The highest BCUT2D eigenvalue weighted by Gasteiger charge is 2.16. The predicted octanol–water partition coefficient (Wildman–Crippen LogP) is 4.23. The largest absolute Gasteiger partial charge is 0.493 e. The molecule has 0 aromatic heterocycles. The normalized spacial score (nSPS) is 21.1. The number of rotatable bonds is 5. The van der Waals surface area contributed by atoms with E-state index in [9.17, 15) is 0 Å². The molecule has 2 nitrogen and oxygen atoms in total. The molecule has 3 heteroatoms. The van der Waals surface area contributed by atoms with Gasteiger partial charge < -0.3 is 10.1 Å². The maximum absolute atomic E-state index is 6.10. The van der Waals surface area contributed by atoms with E-state index >= 15 is 0 Å². The molecule has 19 heavy (non-hydrogen) atoms. The van der Waals surface area contributed by atoms with Gasteiger partial charge in [-0.2, -0.15) is 0 Å². The van der Waals surface area contributed by atoms with Crippen molar-refractivity contribution in [3.05, 3.63) is 28.8 Å². The van der Waals surface area contributed by atoms with Crippen LogP contribution in [0.3, 0.4) is 0 Å². The van der Waals surface area contributed by atoms with Gasteiger partial charge in [-0.3, -0.25) is 0 Å². The first-order valence-corrected chi connectivity index (χ1v) is 7.71. The third-order valence-corrected chi connectivity index (χ3v) is 4.22. The molecule has 0 radical (unpaired) electrons. The quantitative estimate of drug-likeness (QED) is 0.872. The molecule has 106 valence electrons. The van der Waals surface area contributed by atoms with Crippen LogP contribution >= 0.6 is 11.6 Å². The average Bonchev–Trinajstić information content (AvgIpc) is 2.46. The van der Waals surface area contributed by atoms with Crippen LogP contribution in [0.4, 0.5) is 0 Å². The molecule has 1 saturated heterocycles. The summed E-state index contributed by atoms with van der Waals surface area (Å²) in [6.45, 7) is 7.45. The second kappa shape index (κ2) is 7.16. The molecule has 1 aromatic carbocycles. The van der Waals surface area contributed by atoms with E-state index in [1.54, 1.807) is 0 Å². The van der Waals surface area contributed by atoms with Crippen LogP contribution in [-0.2, 0) is 0 Å². The van der Waals surface area contributed by atoms with Gasteiger partial charge in [0, 0.05) is 17.5 Å². The van der Waals surface area contributed by atoms with Gasteiger partial charge in [0.05, 0.1) is 6.61 Å². The van der Waals surface area contributed by atoms with E-state index in [2.05, 4.69) is 19.2 Å². The molecule has 1 N–H and O–H groups in total. The van der Waals surface area contributed by atoms with Gasteiger partial charge in [-0.15, -0.1) is 0 Å². The number of hydrogen-bond donors (Lipinski definition) is 1. The molecule has 0 aliphatic carbocycles. The monoisotopic (exact) mass is 281 g/mol. The van der Waals surface area contributed by atoms with E-state index in [0.29, 0.717) is 11.8 Å². The summed E-state index contributed by atoms with van der Waals surface area (Å²) in [7, 11) is 0. The van der Waals surface area contributed by atoms with Crippen molar-refractivity contribution >= 4 is 11.6 Å². The van der Waals surface area contributed by atoms with E-state index in [1.807, 2.05) is 18.2 Å². The number of hydrogen-bond acceptors (Lipinski definition) is 2. The average molecular weight is 282 g/mol. The van der Waals surface area contributed by atoms with Crippen molar-refractivity contribution in [1.29, 1.82) is 0 Å². The van der Waals surface area contributed by atoms with E-state index in [4.69, 9.17) is 16.3 Å². The van der Waals surface area contributed by atoms with Gasteiger partial charge in [0.15, 0.2) is 0 Å². The fraction of sp³-hybridized carbons (Fsp3) is 0.625. The van der Waals surface area contributed by atoms with Crippen molar-refractivity contribution in [1.82, 2.24) is 5.32 Å². The van der Waals surface area contributed by atoms with Crippen molar-refractivity contribution in [2.45, 2.75) is 39.0 Å². The Morgan fingerprint density at radius 3 is 3.00 bits per heavy atom. The van der Waals surface area contributed by atoms with Crippen LogP contribution in [-0.4, -0.2) is 19.7 Å². The summed E-state index contributed by atoms with van der Waals surface area (Å²) < 4.78 is 6.06. The fourth-order valence-corrected chi connectivity index (χ4v) is 2.71. The Morgan fingerprint density at radius 1 is 1.47 bits per heavy atom. The highest BCUT2D eigenvalue weighted by Crippen LogP contribution is 2.31. The lowest BCUT2D eigenvalue weighted by Gasteiger charge is -2.24. The van der Waals surface area contributed by atoms with Gasteiger partial charge in [-0.1, -0.05) is 25.4 Å². The highest BCUT2D eigenvalue weighted by atomic mass is 35.5. The molecule has 0 spiro atoms. The Morgan fingerprint density at radius 2 is 2.32 bits per heavy atom. The van der Waals surface area contributed by atoms with Crippen molar-refractivity contribution in [2.24, 2.45) is 5.92 Å². The minimum atomic E-state index is 0.484. The SMILES string of the molecule is CC[C@H](C)c1cc(Cl)ccc1OC[C@H]1CCCNC1. The molecule has 0 bridgehead atoms. The molecule has 0 unspecified atom stereocenters. The first-order chi connectivity index (χ1) is 9.20. The minimum Gasteiger partial charge on any atom is -0.493 e. The Hall–Kier alpha value is -0.730. The van der Waals surface area contributed by atoms with Crippen LogP contribution in [0.1, 0.15) is 44.6 Å². The first-order valence-electron chi connectivity index (χ1n) is 7.33. The zero-order valence-corrected chi connectivity index (χ0v) is 12.7. The van der Waals surface area contributed by atoms with E-state index in [0.717, 1.165) is 36.9 Å². The number of benzene rings is 1. The molecular formula is C16H24ClNO. The van der Waals surface area contributed by atoms with E-state index in [1.165, 1.54) is 18.4 Å². The van der Waals surface area contributed by atoms with E-state index < -0.39 is 0 Å². The molecular weight excluding hydrogens is 258 g/mol. The Balaban J connectivity index is 2.02. The highest BCUT2D eigenvalue weighted by molar-refractivity contribution is 6.30. The van der Waals surface area contributed by atoms with Gasteiger partial charge in [-0.05, 0) is 55.5 Å². The van der Waals surface area contributed by atoms with Gasteiger partial charge in [-0.25, -0.2) is 0 Å². The van der Waals surface area contributed by atoms with Crippen molar-refractivity contribution < 1.29 is 4.74 Å². The minimum absolute atomic E-state index is 0.484. The molecule has 1 fully saturated rings. The van der Waals surface area contributed by atoms with E-state index in [-0.39, 0.29) is 0 Å². The zero-order valence-electron chi connectivity index (χ0n) is 11.9. The standard InChI is InChI=1S/C16H24ClNO/c1-3-12(2)15-9-14(17)6-7-16(15)19-11-13-5-4-8-18-10-13/h6-7,9,12-13,18H,3-5,8,10-11H2,1-2H3/t12-,13-/m0/s1. The van der Waals surface area contributed by atoms with Crippen LogP contribution in [0.25, 0.3) is 0 Å².